The summed E-state index contributed by atoms with van der Waals surface area (Å²) in [6.07, 6.45) is 4.86. The molecule has 0 aliphatic carbocycles. The molecule has 0 radical (unpaired) electrons. The van der Waals surface area contributed by atoms with Gasteiger partial charge in [0.15, 0.2) is 0 Å². The number of aryl methyl sites for hydroxylation is 1. The molecule has 21 heavy (non-hydrogen) atoms. The average Bonchev–Trinajstić information content (AvgIpc) is 3.10. The second-order valence-corrected chi connectivity index (χ2v) is 7.16. The topological polar surface area (TPSA) is 49.4 Å². The van der Waals surface area contributed by atoms with Gasteiger partial charge in [-0.25, -0.2) is 0 Å². The summed E-state index contributed by atoms with van der Waals surface area (Å²) in [4.78, 5) is 27.9. The van der Waals surface area contributed by atoms with Crippen molar-refractivity contribution in [1.82, 2.24) is 10.2 Å². The predicted molar refractivity (Wildman–Crippen MR) is 83.5 cm³/mol. The monoisotopic (exact) mass is 306 g/mol. The Kier molecular flexibility index (Phi) is 4.02. The van der Waals surface area contributed by atoms with Gasteiger partial charge in [-0.15, -0.1) is 11.3 Å². The Hall–Kier alpha value is -1.36. The minimum atomic E-state index is -0.323. The Bertz CT molecular complexity index is 554. The largest absolute Gasteiger partial charge is 0.356 e. The maximum absolute atomic E-state index is 12.6. The van der Waals surface area contributed by atoms with Crippen LogP contribution in [0.4, 0.5) is 0 Å². The fourth-order valence-corrected chi connectivity index (χ4v) is 4.38. The zero-order chi connectivity index (χ0) is 14.9. The van der Waals surface area contributed by atoms with Gasteiger partial charge in [0.2, 0.25) is 5.91 Å². The van der Waals surface area contributed by atoms with Gasteiger partial charge in [0, 0.05) is 29.9 Å². The molecule has 3 rings (SSSR count). The van der Waals surface area contributed by atoms with Crippen LogP contribution in [-0.2, 0) is 11.2 Å². The van der Waals surface area contributed by atoms with Gasteiger partial charge in [-0.3, -0.25) is 9.59 Å². The highest BCUT2D eigenvalue weighted by Gasteiger charge is 2.46. The zero-order valence-electron chi connectivity index (χ0n) is 12.5. The maximum Gasteiger partial charge on any atom is 0.254 e. The van der Waals surface area contributed by atoms with Crippen LogP contribution in [0.2, 0.25) is 0 Å². The highest BCUT2D eigenvalue weighted by molar-refractivity contribution is 7.10. The number of carbonyl (C=O) groups is 2. The fourth-order valence-electron chi connectivity index (χ4n) is 3.42. The number of amides is 2. The summed E-state index contributed by atoms with van der Waals surface area (Å²) in [6, 6.07) is 2.02. The SMILES string of the molecule is CCCc1cc(C(=O)N2CC[C@]3(CCCNC3=O)C2)cs1. The number of likely N-dealkylation sites (tertiary alicyclic amines) is 1. The first-order chi connectivity index (χ1) is 10.1. The van der Waals surface area contributed by atoms with Gasteiger partial charge in [-0.05, 0) is 31.7 Å². The molecule has 3 heterocycles. The third kappa shape index (κ3) is 2.71. The molecule has 1 atom stereocenters. The van der Waals surface area contributed by atoms with E-state index in [2.05, 4.69) is 12.2 Å². The van der Waals surface area contributed by atoms with Gasteiger partial charge < -0.3 is 10.2 Å². The van der Waals surface area contributed by atoms with Crippen LogP contribution in [0.1, 0.15) is 47.8 Å². The second kappa shape index (κ2) is 5.79. The van der Waals surface area contributed by atoms with E-state index in [4.69, 9.17) is 0 Å². The molecule has 1 aromatic heterocycles. The second-order valence-electron chi connectivity index (χ2n) is 6.17. The van der Waals surface area contributed by atoms with Gasteiger partial charge >= 0.3 is 0 Å². The number of rotatable bonds is 3. The van der Waals surface area contributed by atoms with E-state index < -0.39 is 0 Å². The van der Waals surface area contributed by atoms with Crippen molar-refractivity contribution in [3.8, 4) is 0 Å². The first-order valence-electron chi connectivity index (χ1n) is 7.80. The van der Waals surface area contributed by atoms with E-state index in [1.165, 1.54) is 4.88 Å². The lowest BCUT2D eigenvalue weighted by Gasteiger charge is -2.32. The third-order valence-electron chi connectivity index (χ3n) is 4.64. The predicted octanol–water partition coefficient (Wildman–Crippen LogP) is 2.44. The standard InChI is InChI=1S/C16H22N2O2S/c1-2-4-13-9-12(10-21-13)14(19)18-8-6-16(11-18)5-3-7-17-15(16)20/h9-10H,2-8,11H2,1H3,(H,17,20)/t16-/m1/s1. The quantitative estimate of drug-likeness (QED) is 0.932. The van der Waals surface area contributed by atoms with Crippen LogP contribution in [0.5, 0.6) is 0 Å². The number of nitrogens with zero attached hydrogens (tertiary/aromatic N) is 1. The number of hydrogen-bond acceptors (Lipinski definition) is 3. The maximum atomic E-state index is 12.6. The summed E-state index contributed by atoms with van der Waals surface area (Å²) in [6.45, 7) is 4.20. The van der Waals surface area contributed by atoms with Gasteiger partial charge in [-0.1, -0.05) is 13.3 Å². The molecule has 5 heteroatoms. The van der Waals surface area contributed by atoms with Crippen molar-refractivity contribution in [1.29, 1.82) is 0 Å². The Balaban J connectivity index is 1.70. The molecule has 2 amide bonds. The van der Waals surface area contributed by atoms with E-state index in [1.807, 2.05) is 16.3 Å². The zero-order valence-corrected chi connectivity index (χ0v) is 13.3. The molecular formula is C16H22N2O2S. The molecule has 0 unspecified atom stereocenters. The van der Waals surface area contributed by atoms with Crippen LogP contribution in [0, 0.1) is 5.41 Å². The lowest BCUT2D eigenvalue weighted by Crippen LogP contribution is -2.47. The van der Waals surface area contributed by atoms with Crippen LogP contribution < -0.4 is 5.32 Å². The molecule has 1 aromatic rings. The van der Waals surface area contributed by atoms with Gasteiger partial charge in [0.05, 0.1) is 11.0 Å². The van der Waals surface area contributed by atoms with Gasteiger partial charge in [-0.2, -0.15) is 0 Å². The van der Waals surface area contributed by atoms with E-state index in [1.54, 1.807) is 11.3 Å². The van der Waals surface area contributed by atoms with Crippen molar-refractivity contribution < 1.29 is 9.59 Å². The Morgan fingerprint density at radius 3 is 3.10 bits per heavy atom. The van der Waals surface area contributed by atoms with Crippen LogP contribution in [0.3, 0.4) is 0 Å². The van der Waals surface area contributed by atoms with Gasteiger partial charge in [0.25, 0.3) is 5.91 Å². The molecule has 2 aliphatic rings. The highest BCUT2D eigenvalue weighted by atomic mass is 32.1. The van der Waals surface area contributed by atoms with Crippen LogP contribution in [-0.4, -0.2) is 36.3 Å². The number of nitrogens with one attached hydrogen (secondary N) is 1. The van der Waals surface area contributed by atoms with E-state index in [0.29, 0.717) is 13.1 Å². The summed E-state index contributed by atoms with van der Waals surface area (Å²) in [5.41, 5.74) is 0.465. The minimum absolute atomic E-state index is 0.0869. The average molecular weight is 306 g/mol. The van der Waals surface area contributed by atoms with Crippen molar-refractivity contribution in [2.24, 2.45) is 5.41 Å². The first-order valence-corrected chi connectivity index (χ1v) is 8.67. The van der Waals surface area contributed by atoms with E-state index in [9.17, 15) is 9.59 Å². The van der Waals surface area contributed by atoms with Crippen molar-refractivity contribution in [3.05, 3.63) is 21.9 Å². The molecule has 114 valence electrons. The fraction of sp³-hybridized carbons (Fsp3) is 0.625. The molecule has 0 saturated carbocycles. The lowest BCUT2D eigenvalue weighted by molar-refractivity contribution is -0.132. The molecular weight excluding hydrogens is 284 g/mol. The van der Waals surface area contributed by atoms with Crippen LogP contribution >= 0.6 is 11.3 Å². The number of hydrogen-bond donors (Lipinski definition) is 1. The molecule has 1 spiro atoms. The minimum Gasteiger partial charge on any atom is -0.356 e. The first kappa shape index (κ1) is 14.6. The third-order valence-corrected chi connectivity index (χ3v) is 5.63. The normalized spacial score (nSPS) is 25.4. The van der Waals surface area contributed by atoms with Crippen molar-refractivity contribution in [2.75, 3.05) is 19.6 Å². The molecule has 0 bridgehead atoms. The Morgan fingerprint density at radius 2 is 2.33 bits per heavy atom. The summed E-state index contributed by atoms with van der Waals surface area (Å²) >= 11 is 1.66. The summed E-state index contributed by atoms with van der Waals surface area (Å²) in [5, 5.41) is 4.92. The smallest absolute Gasteiger partial charge is 0.254 e. The van der Waals surface area contributed by atoms with Crippen LogP contribution in [0.25, 0.3) is 0 Å². The highest BCUT2D eigenvalue weighted by Crippen LogP contribution is 2.38. The summed E-state index contributed by atoms with van der Waals surface area (Å²) < 4.78 is 0. The number of carbonyl (C=O) groups excluding carboxylic acids is 2. The molecule has 4 nitrogen and oxygen atoms in total. The van der Waals surface area contributed by atoms with Crippen molar-refractivity contribution >= 4 is 23.2 Å². The Morgan fingerprint density at radius 1 is 1.48 bits per heavy atom. The van der Waals surface area contributed by atoms with Crippen LogP contribution in [0.15, 0.2) is 11.4 Å². The molecule has 2 fully saturated rings. The van der Waals surface area contributed by atoms with Gasteiger partial charge in [0.1, 0.15) is 0 Å². The van der Waals surface area contributed by atoms with Crippen molar-refractivity contribution in [2.45, 2.75) is 39.0 Å². The summed E-state index contributed by atoms with van der Waals surface area (Å²) in [5.74, 6) is 0.227. The van der Waals surface area contributed by atoms with Crippen molar-refractivity contribution in [3.63, 3.8) is 0 Å². The number of piperidine rings is 1. The Labute approximate surface area is 129 Å². The summed E-state index contributed by atoms with van der Waals surface area (Å²) in [7, 11) is 0. The lowest BCUT2D eigenvalue weighted by atomic mass is 9.79. The molecule has 0 aromatic carbocycles. The molecule has 2 aliphatic heterocycles. The molecule has 2 saturated heterocycles. The number of thiophene rings is 1. The van der Waals surface area contributed by atoms with E-state index in [-0.39, 0.29) is 17.2 Å². The molecule has 1 N–H and O–H groups in total. The van der Waals surface area contributed by atoms with E-state index in [0.717, 1.165) is 44.2 Å². The van der Waals surface area contributed by atoms with E-state index >= 15 is 0 Å².